The van der Waals surface area contributed by atoms with Gasteiger partial charge in [0.15, 0.2) is 0 Å². The lowest BCUT2D eigenvalue weighted by molar-refractivity contribution is 0.222. The molecule has 0 radical (unpaired) electrons. The lowest BCUT2D eigenvalue weighted by atomic mass is 10.4. The first-order chi connectivity index (χ1) is 6.75. The van der Waals surface area contributed by atoms with Crippen LogP contribution in [-0.4, -0.2) is 34.2 Å². The number of aryl methyl sites for hydroxylation is 1. The van der Waals surface area contributed by atoms with Gasteiger partial charge in [-0.2, -0.15) is 0 Å². The highest BCUT2D eigenvalue weighted by Gasteiger charge is 2.19. The van der Waals surface area contributed by atoms with Crippen molar-refractivity contribution in [2.45, 2.75) is 19.8 Å². The highest BCUT2D eigenvalue weighted by atomic mass is 16.4. The van der Waals surface area contributed by atoms with Gasteiger partial charge in [0.05, 0.1) is 0 Å². The number of aromatic nitrogens is 2. The Morgan fingerprint density at radius 3 is 2.71 bits per heavy atom. The number of urea groups is 1. The number of rotatable bonds is 1. The summed E-state index contributed by atoms with van der Waals surface area (Å²) in [4.78, 5) is 13.2. The summed E-state index contributed by atoms with van der Waals surface area (Å²) in [5, 5.41) is 9.85. The van der Waals surface area contributed by atoms with Crippen molar-refractivity contribution >= 4 is 12.0 Å². The van der Waals surface area contributed by atoms with Crippen molar-refractivity contribution < 1.29 is 9.21 Å². The molecule has 0 bridgehead atoms. The molecule has 2 rings (SSSR count). The van der Waals surface area contributed by atoms with Gasteiger partial charge in [0.25, 0.3) is 0 Å². The van der Waals surface area contributed by atoms with Crippen molar-refractivity contribution in [1.82, 2.24) is 15.1 Å². The number of nitrogens with zero attached hydrogens (tertiary/aromatic N) is 3. The van der Waals surface area contributed by atoms with E-state index in [9.17, 15) is 4.79 Å². The van der Waals surface area contributed by atoms with Gasteiger partial charge in [0, 0.05) is 20.0 Å². The SMILES string of the molecule is Cc1nnc(NC(=O)N2CCCC2)o1. The second-order valence-electron chi connectivity index (χ2n) is 3.25. The first kappa shape index (κ1) is 8.98. The van der Waals surface area contributed by atoms with Gasteiger partial charge in [-0.3, -0.25) is 5.32 Å². The second-order valence-corrected chi connectivity index (χ2v) is 3.25. The average molecular weight is 196 g/mol. The Bertz CT molecular complexity index is 330. The standard InChI is InChI=1S/C8H12N4O2/c1-6-10-11-7(14-6)9-8(13)12-4-2-3-5-12/h2-5H2,1H3,(H,9,11,13). The van der Waals surface area contributed by atoms with E-state index in [1.807, 2.05) is 0 Å². The van der Waals surface area contributed by atoms with E-state index in [4.69, 9.17) is 4.42 Å². The van der Waals surface area contributed by atoms with E-state index in [-0.39, 0.29) is 12.0 Å². The summed E-state index contributed by atoms with van der Waals surface area (Å²) >= 11 is 0. The number of hydrogen-bond acceptors (Lipinski definition) is 4. The van der Waals surface area contributed by atoms with Crippen LogP contribution in [0, 0.1) is 6.92 Å². The quantitative estimate of drug-likeness (QED) is 0.727. The van der Waals surface area contributed by atoms with Gasteiger partial charge in [0.1, 0.15) is 0 Å². The maximum Gasteiger partial charge on any atom is 0.325 e. The summed E-state index contributed by atoms with van der Waals surface area (Å²) in [7, 11) is 0. The number of hydrogen-bond donors (Lipinski definition) is 1. The lowest BCUT2D eigenvalue weighted by Gasteiger charge is -2.13. The monoisotopic (exact) mass is 196 g/mol. The highest BCUT2D eigenvalue weighted by molar-refractivity contribution is 5.87. The Hall–Kier alpha value is -1.59. The van der Waals surface area contributed by atoms with Gasteiger partial charge in [-0.15, -0.1) is 5.10 Å². The molecule has 1 aromatic heterocycles. The van der Waals surface area contributed by atoms with Gasteiger partial charge >= 0.3 is 12.0 Å². The largest absolute Gasteiger partial charge is 0.408 e. The van der Waals surface area contributed by atoms with Crippen molar-refractivity contribution in [2.24, 2.45) is 0 Å². The maximum absolute atomic E-state index is 11.5. The number of anilines is 1. The number of nitrogens with one attached hydrogen (secondary N) is 1. The number of amides is 2. The summed E-state index contributed by atoms with van der Waals surface area (Å²) in [6, 6.07) is 0.00514. The Morgan fingerprint density at radius 1 is 1.43 bits per heavy atom. The molecule has 2 amide bonds. The van der Waals surface area contributed by atoms with Crippen LogP contribution in [0.5, 0.6) is 0 Å². The lowest BCUT2D eigenvalue weighted by Crippen LogP contribution is -2.32. The molecule has 6 nitrogen and oxygen atoms in total. The minimum Gasteiger partial charge on any atom is -0.408 e. The van der Waals surface area contributed by atoms with Crippen molar-refractivity contribution in [2.75, 3.05) is 18.4 Å². The molecule has 1 aromatic rings. The zero-order valence-electron chi connectivity index (χ0n) is 7.99. The van der Waals surface area contributed by atoms with Crippen LogP contribution in [0.25, 0.3) is 0 Å². The fourth-order valence-electron chi connectivity index (χ4n) is 1.44. The number of carbonyl (C=O) groups is 1. The van der Waals surface area contributed by atoms with Gasteiger partial charge in [-0.1, -0.05) is 5.10 Å². The molecule has 2 heterocycles. The van der Waals surface area contributed by atoms with E-state index in [1.165, 1.54) is 0 Å². The summed E-state index contributed by atoms with van der Waals surface area (Å²) < 4.78 is 5.03. The molecule has 14 heavy (non-hydrogen) atoms. The molecule has 0 spiro atoms. The molecule has 1 saturated heterocycles. The summed E-state index contributed by atoms with van der Waals surface area (Å²) in [6.07, 6.45) is 2.13. The molecule has 0 unspecified atom stereocenters. The molecular weight excluding hydrogens is 184 g/mol. The van der Waals surface area contributed by atoms with Gasteiger partial charge in [-0.05, 0) is 12.8 Å². The Morgan fingerprint density at radius 2 is 2.14 bits per heavy atom. The first-order valence-electron chi connectivity index (χ1n) is 4.62. The highest BCUT2D eigenvalue weighted by Crippen LogP contribution is 2.10. The molecule has 0 saturated carbocycles. The molecule has 0 aromatic carbocycles. The van der Waals surface area contributed by atoms with E-state index in [2.05, 4.69) is 15.5 Å². The van der Waals surface area contributed by atoms with Crippen molar-refractivity contribution in [1.29, 1.82) is 0 Å². The van der Waals surface area contributed by atoms with Crippen molar-refractivity contribution in [3.05, 3.63) is 5.89 Å². The molecule has 1 aliphatic heterocycles. The van der Waals surface area contributed by atoms with Crippen LogP contribution in [0.2, 0.25) is 0 Å². The third kappa shape index (κ3) is 1.84. The van der Waals surface area contributed by atoms with Crippen molar-refractivity contribution in [3.8, 4) is 0 Å². The van der Waals surface area contributed by atoms with Gasteiger partial charge in [-0.25, -0.2) is 4.79 Å². The molecule has 76 valence electrons. The van der Waals surface area contributed by atoms with E-state index in [0.717, 1.165) is 25.9 Å². The third-order valence-corrected chi connectivity index (χ3v) is 2.13. The van der Waals surface area contributed by atoms with Crippen LogP contribution < -0.4 is 5.32 Å². The van der Waals surface area contributed by atoms with Gasteiger partial charge < -0.3 is 9.32 Å². The molecule has 6 heteroatoms. The van der Waals surface area contributed by atoms with Crippen LogP contribution >= 0.6 is 0 Å². The topological polar surface area (TPSA) is 71.3 Å². The molecule has 1 fully saturated rings. The zero-order valence-corrected chi connectivity index (χ0v) is 7.99. The normalized spacial score (nSPS) is 15.9. The van der Waals surface area contributed by atoms with E-state index in [0.29, 0.717) is 5.89 Å². The van der Waals surface area contributed by atoms with Crippen LogP contribution in [0.15, 0.2) is 4.42 Å². The average Bonchev–Trinajstić information content (AvgIpc) is 2.75. The minimum atomic E-state index is -0.161. The minimum absolute atomic E-state index is 0.161. The first-order valence-corrected chi connectivity index (χ1v) is 4.62. The molecule has 1 N–H and O–H groups in total. The molecule has 0 atom stereocenters. The number of carbonyl (C=O) groups excluding carboxylic acids is 1. The smallest absolute Gasteiger partial charge is 0.325 e. The Labute approximate surface area is 81.3 Å². The molecular formula is C8H12N4O2. The summed E-state index contributed by atoms with van der Waals surface area (Å²) in [5.74, 6) is 0.446. The van der Waals surface area contributed by atoms with E-state index < -0.39 is 0 Å². The predicted octanol–water partition coefficient (Wildman–Crippen LogP) is 1.01. The predicted molar refractivity (Wildman–Crippen MR) is 48.9 cm³/mol. The van der Waals surface area contributed by atoms with E-state index in [1.54, 1.807) is 11.8 Å². The maximum atomic E-state index is 11.5. The third-order valence-electron chi connectivity index (χ3n) is 2.13. The van der Waals surface area contributed by atoms with Crippen LogP contribution in [0.4, 0.5) is 10.8 Å². The van der Waals surface area contributed by atoms with Gasteiger partial charge in [0.2, 0.25) is 5.89 Å². The molecule has 1 aliphatic rings. The fourth-order valence-corrected chi connectivity index (χ4v) is 1.44. The fraction of sp³-hybridized carbons (Fsp3) is 0.625. The van der Waals surface area contributed by atoms with Crippen LogP contribution in [-0.2, 0) is 0 Å². The van der Waals surface area contributed by atoms with Crippen LogP contribution in [0.3, 0.4) is 0 Å². The molecule has 0 aliphatic carbocycles. The van der Waals surface area contributed by atoms with Crippen LogP contribution in [0.1, 0.15) is 18.7 Å². The summed E-state index contributed by atoms with van der Waals surface area (Å²) in [5.41, 5.74) is 0. The Kier molecular flexibility index (Phi) is 2.34. The zero-order chi connectivity index (χ0) is 9.97. The summed E-state index contributed by atoms with van der Waals surface area (Å²) in [6.45, 7) is 3.29. The van der Waals surface area contributed by atoms with Crippen molar-refractivity contribution in [3.63, 3.8) is 0 Å². The second kappa shape index (κ2) is 3.65. The van der Waals surface area contributed by atoms with E-state index >= 15 is 0 Å². The Balaban J connectivity index is 1.93. The number of likely N-dealkylation sites (tertiary alicyclic amines) is 1.